The average Bonchev–Trinajstić information content (AvgIpc) is 2.63. The Morgan fingerprint density at radius 1 is 1.69 bits per heavy atom. The summed E-state index contributed by atoms with van der Waals surface area (Å²) in [6.45, 7) is 5.39. The predicted octanol–water partition coefficient (Wildman–Crippen LogP) is 1.70. The molecule has 2 N–H and O–H groups in total. The van der Waals surface area contributed by atoms with Gasteiger partial charge in [0.2, 0.25) is 0 Å². The van der Waals surface area contributed by atoms with Crippen molar-refractivity contribution in [2.75, 3.05) is 0 Å². The second kappa shape index (κ2) is 2.84. The molecule has 0 aliphatic heterocycles. The Bertz CT molecular complexity index is 297. The topological polar surface area (TPSA) is 43.8 Å². The standard InChI is InChI=1S/C10H17N3/c1-8(11)9-5-12-7-13(9)6-10(2)3-4-10/h5,7-8H,3-4,6,11H2,1-2H3/t8-/m0/s1. The van der Waals surface area contributed by atoms with Crippen LogP contribution in [0.3, 0.4) is 0 Å². The van der Waals surface area contributed by atoms with Crippen LogP contribution in [0.5, 0.6) is 0 Å². The third-order valence-electron chi connectivity index (χ3n) is 2.87. The van der Waals surface area contributed by atoms with Crippen LogP contribution < -0.4 is 5.73 Å². The van der Waals surface area contributed by atoms with Gasteiger partial charge in [-0.3, -0.25) is 0 Å². The Morgan fingerprint density at radius 3 is 2.92 bits per heavy atom. The molecule has 0 spiro atoms. The minimum atomic E-state index is 0.0878. The average molecular weight is 179 g/mol. The lowest BCUT2D eigenvalue weighted by molar-refractivity contribution is 0.448. The zero-order valence-electron chi connectivity index (χ0n) is 8.33. The van der Waals surface area contributed by atoms with Crippen LogP contribution in [-0.4, -0.2) is 9.55 Å². The molecule has 72 valence electrons. The van der Waals surface area contributed by atoms with Gasteiger partial charge in [-0.15, -0.1) is 0 Å². The zero-order chi connectivity index (χ0) is 9.47. The lowest BCUT2D eigenvalue weighted by atomic mass is 10.1. The second-order valence-electron chi connectivity index (χ2n) is 4.55. The van der Waals surface area contributed by atoms with Gasteiger partial charge in [-0.2, -0.15) is 0 Å². The van der Waals surface area contributed by atoms with Crippen molar-refractivity contribution in [2.24, 2.45) is 11.1 Å². The van der Waals surface area contributed by atoms with Crippen molar-refractivity contribution in [3.63, 3.8) is 0 Å². The highest BCUT2D eigenvalue weighted by molar-refractivity contribution is 5.05. The van der Waals surface area contributed by atoms with Crippen molar-refractivity contribution in [3.05, 3.63) is 18.2 Å². The highest BCUT2D eigenvalue weighted by atomic mass is 15.1. The van der Waals surface area contributed by atoms with Gasteiger partial charge in [0.1, 0.15) is 0 Å². The molecule has 1 aliphatic carbocycles. The van der Waals surface area contributed by atoms with E-state index in [9.17, 15) is 0 Å². The van der Waals surface area contributed by atoms with Crippen molar-refractivity contribution in [1.29, 1.82) is 0 Å². The summed E-state index contributed by atoms with van der Waals surface area (Å²) in [7, 11) is 0. The molecule has 1 heterocycles. The lowest BCUT2D eigenvalue weighted by Crippen LogP contribution is -2.15. The van der Waals surface area contributed by atoms with E-state index in [1.54, 1.807) is 0 Å². The summed E-state index contributed by atoms with van der Waals surface area (Å²) in [5.41, 5.74) is 7.50. The normalized spacial score (nSPS) is 21.5. The van der Waals surface area contributed by atoms with Gasteiger partial charge >= 0.3 is 0 Å². The number of hydrogen-bond acceptors (Lipinski definition) is 2. The third-order valence-corrected chi connectivity index (χ3v) is 2.87. The SMILES string of the molecule is C[C@H](N)c1cncn1CC1(C)CC1. The molecule has 3 nitrogen and oxygen atoms in total. The molecule has 1 aliphatic rings. The Kier molecular flexibility index (Phi) is 1.91. The van der Waals surface area contributed by atoms with Crippen LogP contribution in [0.15, 0.2) is 12.5 Å². The van der Waals surface area contributed by atoms with E-state index in [1.165, 1.54) is 12.8 Å². The summed E-state index contributed by atoms with van der Waals surface area (Å²) in [5, 5.41) is 0. The van der Waals surface area contributed by atoms with Gasteiger partial charge in [0.15, 0.2) is 0 Å². The first kappa shape index (κ1) is 8.75. The van der Waals surface area contributed by atoms with E-state index in [-0.39, 0.29) is 6.04 Å². The van der Waals surface area contributed by atoms with Crippen molar-refractivity contribution in [2.45, 2.75) is 39.3 Å². The van der Waals surface area contributed by atoms with Gasteiger partial charge in [0.05, 0.1) is 12.0 Å². The van der Waals surface area contributed by atoms with Crippen LogP contribution in [0.1, 0.15) is 38.4 Å². The number of rotatable bonds is 3. The predicted molar refractivity (Wildman–Crippen MR) is 52.2 cm³/mol. The largest absolute Gasteiger partial charge is 0.333 e. The number of nitrogens with two attached hydrogens (primary N) is 1. The molecule has 0 bridgehead atoms. The number of hydrogen-bond donors (Lipinski definition) is 1. The molecule has 1 fully saturated rings. The fourth-order valence-corrected chi connectivity index (χ4v) is 1.62. The molecule has 0 radical (unpaired) electrons. The van der Waals surface area contributed by atoms with E-state index in [2.05, 4.69) is 16.5 Å². The molecule has 13 heavy (non-hydrogen) atoms. The fourth-order valence-electron chi connectivity index (χ4n) is 1.62. The van der Waals surface area contributed by atoms with E-state index < -0.39 is 0 Å². The highest BCUT2D eigenvalue weighted by Gasteiger charge is 2.37. The van der Waals surface area contributed by atoms with Crippen molar-refractivity contribution in [1.82, 2.24) is 9.55 Å². The molecule has 0 aromatic carbocycles. The van der Waals surface area contributed by atoms with Crippen LogP contribution in [0.2, 0.25) is 0 Å². The Hall–Kier alpha value is -0.830. The van der Waals surface area contributed by atoms with Gasteiger partial charge in [-0.05, 0) is 25.2 Å². The van der Waals surface area contributed by atoms with E-state index in [0.717, 1.165) is 12.2 Å². The molecule has 0 unspecified atom stereocenters. The molecule has 1 aromatic heterocycles. The van der Waals surface area contributed by atoms with Crippen LogP contribution >= 0.6 is 0 Å². The molecule has 0 saturated heterocycles. The van der Waals surface area contributed by atoms with E-state index >= 15 is 0 Å². The van der Waals surface area contributed by atoms with Crippen LogP contribution in [0.4, 0.5) is 0 Å². The maximum Gasteiger partial charge on any atom is 0.0948 e. The van der Waals surface area contributed by atoms with Crippen molar-refractivity contribution in [3.8, 4) is 0 Å². The molecular weight excluding hydrogens is 162 g/mol. The van der Waals surface area contributed by atoms with E-state index in [0.29, 0.717) is 5.41 Å². The maximum absolute atomic E-state index is 5.84. The Balaban J connectivity index is 2.15. The van der Waals surface area contributed by atoms with E-state index in [1.807, 2.05) is 19.4 Å². The van der Waals surface area contributed by atoms with Gasteiger partial charge in [-0.1, -0.05) is 6.92 Å². The summed E-state index contributed by atoms with van der Waals surface area (Å²) < 4.78 is 2.19. The van der Waals surface area contributed by atoms with Gasteiger partial charge in [0.25, 0.3) is 0 Å². The monoisotopic (exact) mass is 179 g/mol. The minimum Gasteiger partial charge on any atom is -0.333 e. The van der Waals surface area contributed by atoms with Crippen LogP contribution in [-0.2, 0) is 6.54 Å². The quantitative estimate of drug-likeness (QED) is 0.767. The molecule has 0 amide bonds. The third kappa shape index (κ3) is 1.75. The summed E-state index contributed by atoms with van der Waals surface area (Å²) in [5.74, 6) is 0. The molecular formula is C10H17N3. The second-order valence-corrected chi connectivity index (χ2v) is 4.55. The van der Waals surface area contributed by atoms with Crippen LogP contribution in [0, 0.1) is 5.41 Å². The summed E-state index contributed by atoms with van der Waals surface area (Å²) in [4.78, 5) is 4.14. The summed E-state index contributed by atoms with van der Waals surface area (Å²) in [6, 6.07) is 0.0878. The lowest BCUT2D eigenvalue weighted by Gasteiger charge is -2.14. The van der Waals surface area contributed by atoms with Gasteiger partial charge < -0.3 is 10.3 Å². The zero-order valence-corrected chi connectivity index (χ0v) is 8.33. The molecule has 1 aromatic rings. The fraction of sp³-hybridized carbons (Fsp3) is 0.700. The summed E-state index contributed by atoms with van der Waals surface area (Å²) in [6.07, 6.45) is 6.44. The van der Waals surface area contributed by atoms with Crippen molar-refractivity contribution < 1.29 is 0 Å². The minimum absolute atomic E-state index is 0.0878. The summed E-state index contributed by atoms with van der Waals surface area (Å²) >= 11 is 0. The van der Waals surface area contributed by atoms with Gasteiger partial charge in [0, 0.05) is 18.8 Å². The Labute approximate surface area is 79.0 Å². The van der Waals surface area contributed by atoms with Crippen LogP contribution in [0.25, 0.3) is 0 Å². The molecule has 2 rings (SSSR count). The number of aromatic nitrogens is 2. The van der Waals surface area contributed by atoms with Crippen molar-refractivity contribution >= 4 is 0 Å². The first-order valence-corrected chi connectivity index (χ1v) is 4.86. The maximum atomic E-state index is 5.84. The van der Waals surface area contributed by atoms with Gasteiger partial charge in [-0.25, -0.2) is 4.98 Å². The van der Waals surface area contributed by atoms with E-state index in [4.69, 9.17) is 5.73 Å². The first-order valence-electron chi connectivity index (χ1n) is 4.86. The number of imidazole rings is 1. The molecule has 1 atom stereocenters. The first-order chi connectivity index (χ1) is 6.11. The molecule has 1 saturated carbocycles. The Morgan fingerprint density at radius 2 is 2.38 bits per heavy atom. The molecule has 3 heteroatoms. The smallest absolute Gasteiger partial charge is 0.0948 e. The highest BCUT2D eigenvalue weighted by Crippen LogP contribution is 2.46. The number of nitrogens with zero attached hydrogens (tertiary/aromatic N) is 2.